The van der Waals surface area contributed by atoms with E-state index in [-0.39, 0.29) is 12.5 Å². The van der Waals surface area contributed by atoms with Crippen LogP contribution >= 0.6 is 11.8 Å². The summed E-state index contributed by atoms with van der Waals surface area (Å²) in [6.07, 6.45) is 4.39. The van der Waals surface area contributed by atoms with Crippen LogP contribution in [-0.4, -0.2) is 27.3 Å². The van der Waals surface area contributed by atoms with Crippen molar-refractivity contribution in [1.29, 1.82) is 0 Å². The van der Waals surface area contributed by atoms with E-state index in [9.17, 15) is 15.0 Å². The fourth-order valence-electron chi connectivity index (χ4n) is 4.07. The molecule has 29 heavy (non-hydrogen) atoms. The summed E-state index contributed by atoms with van der Waals surface area (Å²) >= 11 is 1.48. The number of hydrogen-bond donors (Lipinski definition) is 3. The lowest BCUT2D eigenvalue weighted by Gasteiger charge is -2.17. The number of nitrogens with zero attached hydrogens (tertiary/aromatic N) is 1. The Balaban J connectivity index is 1.84. The summed E-state index contributed by atoms with van der Waals surface area (Å²) in [5.41, 5.74) is 9.94. The van der Waals surface area contributed by atoms with E-state index in [1.807, 2.05) is 47.0 Å². The van der Waals surface area contributed by atoms with E-state index in [4.69, 9.17) is 5.73 Å². The van der Waals surface area contributed by atoms with E-state index >= 15 is 0 Å². The third-order valence-corrected chi connectivity index (χ3v) is 6.44. The topological polar surface area (TPSA) is 88.5 Å². The monoisotopic (exact) mass is 408 g/mol. The second-order valence-electron chi connectivity index (χ2n) is 7.20. The highest BCUT2D eigenvalue weighted by atomic mass is 32.2. The van der Waals surface area contributed by atoms with Gasteiger partial charge in [-0.2, -0.15) is 0 Å². The summed E-state index contributed by atoms with van der Waals surface area (Å²) in [5, 5.41) is 20.4. The SMILES string of the molecule is NC(=O)c1ccc(-n2c(O)c(CCO)c3c2CCCC3)cc1Sc1ccccc1. The lowest BCUT2D eigenvalue weighted by molar-refractivity contribution is 0.0997. The van der Waals surface area contributed by atoms with Crippen molar-refractivity contribution in [3.8, 4) is 11.6 Å². The first-order valence-corrected chi connectivity index (χ1v) is 10.6. The highest BCUT2D eigenvalue weighted by molar-refractivity contribution is 7.99. The summed E-state index contributed by atoms with van der Waals surface area (Å²) in [6.45, 7) is -0.000262. The van der Waals surface area contributed by atoms with Gasteiger partial charge in [-0.1, -0.05) is 30.0 Å². The van der Waals surface area contributed by atoms with Gasteiger partial charge in [0.25, 0.3) is 0 Å². The molecule has 0 unspecified atom stereocenters. The zero-order chi connectivity index (χ0) is 20.4. The Kier molecular flexibility index (Phi) is 5.65. The molecule has 1 aliphatic carbocycles. The van der Waals surface area contributed by atoms with Gasteiger partial charge in [0.05, 0.1) is 5.56 Å². The van der Waals surface area contributed by atoms with Crippen LogP contribution in [0.5, 0.6) is 5.88 Å². The molecular formula is C23H24N2O3S. The largest absolute Gasteiger partial charge is 0.494 e. The molecular weight excluding hydrogens is 384 g/mol. The van der Waals surface area contributed by atoms with Crippen LogP contribution in [0.3, 0.4) is 0 Å². The number of aromatic nitrogens is 1. The van der Waals surface area contributed by atoms with Crippen LogP contribution in [0, 0.1) is 0 Å². The van der Waals surface area contributed by atoms with Gasteiger partial charge in [0.15, 0.2) is 5.88 Å². The average molecular weight is 409 g/mol. The van der Waals surface area contributed by atoms with Gasteiger partial charge in [-0.3, -0.25) is 9.36 Å². The number of rotatable bonds is 6. The fraction of sp³-hybridized carbons (Fsp3) is 0.261. The third-order valence-electron chi connectivity index (χ3n) is 5.38. The van der Waals surface area contributed by atoms with Gasteiger partial charge in [0, 0.05) is 39.8 Å². The molecule has 0 spiro atoms. The summed E-state index contributed by atoms with van der Waals surface area (Å²) in [5.74, 6) is -0.289. The van der Waals surface area contributed by atoms with Crippen LogP contribution < -0.4 is 5.73 Å². The Bertz CT molecular complexity index is 1040. The first-order chi connectivity index (χ1) is 14.1. The molecule has 3 aromatic rings. The van der Waals surface area contributed by atoms with Crippen LogP contribution in [0.1, 0.15) is 40.0 Å². The molecule has 1 aromatic heterocycles. The van der Waals surface area contributed by atoms with Crippen molar-refractivity contribution in [3.63, 3.8) is 0 Å². The maximum atomic E-state index is 12.0. The van der Waals surface area contributed by atoms with Crippen molar-refractivity contribution in [2.24, 2.45) is 5.73 Å². The van der Waals surface area contributed by atoms with E-state index in [2.05, 4.69) is 0 Å². The molecule has 150 valence electrons. The van der Waals surface area contributed by atoms with Crippen molar-refractivity contribution in [3.05, 3.63) is 70.9 Å². The normalized spacial score (nSPS) is 13.3. The molecule has 1 aliphatic rings. The number of aliphatic hydroxyl groups excluding tert-OH is 1. The third kappa shape index (κ3) is 3.78. The van der Waals surface area contributed by atoms with E-state index in [1.165, 1.54) is 11.8 Å². The maximum Gasteiger partial charge on any atom is 0.249 e. The average Bonchev–Trinajstić information content (AvgIpc) is 3.00. The molecule has 6 heteroatoms. The molecule has 4 N–H and O–H groups in total. The van der Waals surface area contributed by atoms with E-state index in [0.717, 1.165) is 58.0 Å². The predicted molar refractivity (Wildman–Crippen MR) is 114 cm³/mol. The molecule has 1 heterocycles. The molecule has 0 fully saturated rings. The first kappa shape index (κ1) is 19.6. The van der Waals surface area contributed by atoms with Crippen LogP contribution in [0.4, 0.5) is 0 Å². The number of carbonyl (C=O) groups excluding carboxylic acids is 1. The number of fused-ring (bicyclic) bond motifs is 1. The number of benzene rings is 2. The summed E-state index contributed by atoms with van der Waals surface area (Å²) in [4.78, 5) is 13.7. The number of aromatic hydroxyl groups is 1. The fourth-order valence-corrected chi connectivity index (χ4v) is 5.07. The number of hydrogen-bond acceptors (Lipinski definition) is 4. The number of nitrogens with two attached hydrogens (primary N) is 1. The maximum absolute atomic E-state index is 12.0. The number of aliphatic hydroxyl groups is 1. The standard InChI is InChI=1S/C23H24N2O3S/c24-22(27)19-11-10-15(14-21(19)29-16-6-2-1-3-7-16)25-20-9-5-4-8-17(20)18(12-13-26)23(25)28/h1-3,6-7,10-11,14,26,28H,4-5,8-9,12-13H2,(H2,24,27). The number of carbonyl (C=O) groups is 1. The van der Waals surface area contributed by atoms with Crippen LogP contribution in [0.15, 0.2) is 58.3 Å². The van der Waals surface area contributed by atoms with Gasteiger partial charge in [0.1, 0.15) is 0 Å². The van der Waals surface area contributed by atoms with E-state index < -0.39 is 5.91 Å². The van der Waals surface area contributed by atoms with Gasteiger partial charge < -0.3 is 15.9 Å². The van der Waals surface area contributed by atoms with E-state index in [0.29, 0.717) is 12.0 Å². The predicted octanol–water partition coefficient (Wildman–Crippen LogP) is 3.85. The highest BCUT2D eigenvalue weighted by Crippen LogP contribution is 2.39. The number of amides is 1. The lowest BCUT2D eigenvalue weighted by Crippen LogP contribution is -2.13. The second-order valence-corrected chi connectivity index (χ2v) is 8.32. The van der Waals surface area contributed by atoms with Crippen LogP contribution in [0.25, 0.3) is 5.69 Å². The first-order valence-electron chi connectivity index (χ1n) is 9.82. The highest BCUT2D eigenvalue weighted by Gasteiger charge is 2.25. The minimum atomic E-state index is -0.477. The Morgan fingerprint density at radius 3 is 2.59 bits per heavy atom. The van der Waals surface area contributed by atoms with Gasteiger partial charge >= 0.3 is 0 Å². The van der Waals surface area contributed by atoms with Gasteiger partial charge in [-0.05, 0) is 61.6 Å². The molecule has 0 bridgehead atoms. The minimum absolute atomic E-state index is 0.000262. The summed E-state index contributed by atoms with van der Waals surface area (Å²) < 4.78 is 1.87. The molecule has 5 nitrogen and oxygen atoms in total. The number of primary amides is 1. The zero-order valence-corrected chi connectivity index (χ0v) is 16.9. The molecule has 0 saturated heterocycles. The van der Waals surface area contributed by atoms with Crippen molar-refractivity contribution in [2.75, 3.05) is 6.61 Å². The quantitative estimate of drug-likeness (QED) is 0.578. The molecule has 2 aromatic carbocycles. The van der Waals surface area contributed by atoms with Crippen molar-refractivity contribution < 1.29 is 15.0 Å². The molecule has 4 rings (SSSR count). The Morgan fingerprint density at radius 1 is 1.10 bits per heavy atom. The van der Waals surface area contributed by atoms with Crippen molar-refractivity contribution in [2.45, 2.75) is 41.9 Å². The van der Waals surface area contributed by atoms with Crippen LogP contribution in [0.2, 0.25) is 0 Å². The second kappa shape index (κ2) is 8.35. The molecule has 1 amide bonds. The smallest absolute Gasteiger partial charge is 0.249 e. The minimum Gasteiger partial charge on any atom is -0.494 e. The van der Waals surface area contributed by atoms with Crippen LogP contribution in [-0.2, 0) is 19.3 Å². The van der Waals surface area contributed by atoms with Gasteiger partial charge in [-0.25, -0.2) is 0 Å². The Morgan fingerprint density at radius 2 is 1.86 bits per heavy atom. The summed E-state index contributed by atoms with van der Waals surface area (Å²) in [6, 6.07) is 15.3. The van der Waals surface area contributed by atoms with Gasteiger partial charge in [-0.15, -0.1) is 0 Å². The Hall–Kier alpha value is -2.70. The molecule has 0 radical (unpaired) electrons. The zero-order valence-electron chi connectivity index (χ0n) is 16.1. The van der Waals surface area contributed by atoms with E-state index in [1.54, 1.807) is 6.07 Å². The van der Waals surface area contributed by atoms with Crippen molar-refractivity contribution >= 4 is 17.7 Å². The summed E-state index contributed by atoms with van der Waals surface area (Å²) in [7, 11) is 0. The lowest BCUT2D eigenvalue weighted by atomic mass is 9.94. The molecule has 0 saturated carbocycles. The van der Waals surface area contributed by atoms with Crippen molar-refractivity contribution in [1.82, 2.24) is 4.57 Å². The Labute approximate surface area is 174 Å². The molecule has 0 aliphatic heterocycles. The van der Waals surface area contributed by atoms with Gasteiger partial charge in [0.2, 0.25) is 5.91 Å². The molecule has 0 atom stereocenters.